The van der Waals surface area contributed by atoms with E-state index in [1.165, 1.54) is 0 Å². The Balaban J connectivity index is 1.83. The Morgan fingerprint density at radius 3 is 2.40 bits per heavy atom. The zero-order valence-electron chi connectivity index (χ0n) is 21.5. The van der Waals surface area contributed by atoms with Crippen molar-refractivity contribution in [3.05, 3.63) is 59.3 Å². The van der Waals surface area contributed by atoms with E-state index in [9.17, 15) is 4.79 Å². The van der Waals surface area contributed by atoms with Crippen LogP contribution < -0.4 is 14.2 Å². The van der Waals surface area contributed by atoms with Gasteiger partial charge in [0.1, 0.15) is 11.4 Å². The lowest BCUT2D eigenvalue weighted by Gasteiger charge is -2.38. The molecule has 0 saturated carbocycles. The molecule has 1 unspecified atom stereocenters. The van der Waals surface area contributed by atoms with Crippen molar-refractivity contribution in [3.8, 4) is 28.5 Å². The molecule has 3 aromatic rings. The molecule has 0 bridgehead atoms. The Kier molecular flexibility index (Phi) is 7.05. The lowest BCUT2D eigenvalue weighted by molar-refractivity contribution is 0.0545. The number of fused-ring (bicyclic) bond motifs is 1. The van der Waals surface area contributed by atoms with Gasteiger partial charge in [0.2, 0.25) is 0 Å². The quantitative estimate of drug-likeness (QED) is 0.382. The van der Waals surface area contributed by atoms with Crippen LogP contribution in [-0.4, -0.2) is 46.9 Å². The highest BCUT2D eigenvalue weighted by Gasteiger charge is 2.46. The second kappa shape index (κ2) is 10.0. The molecule has 1 aliphatic rings. The van der Waals surface area contributed by atoms with Crippen LogP contribution in [0.5, 0.6) is 17.2 Å². The Bertz CT molecular complexity index is 1180. The van der Waals surface area contributed by atoms with Crippen molar-refractivity contribution in [2.75, 3.05) is 20.3 Å². The van der Waals surface area contributed by atoms with E-state index in [2.05, 4.69) is 37.9 Å². The minimum absolute atomic E-state index is 0.0639. The number of ether oxygens (including phenoxy) is 3. The third-order valence-electron chi connectivity index (χ3n) is 6.19. The molecule has 4 rings (SSSR count). The van der Waals surface area contributed by atoms with Gasteiger partial charge in [-0.1, -0.05) is 19.4 Å². The Morgan fingerprint density at radius 2 is 1.77 bits per heavy atom. The van der Waals surface area contributed by atoms with Gasteiger partial charge in [-0.15, -0.1) is 0 Å². The lowest BCUT2D eigenvalue weighted by Crippen LogP contribution is -2.44. The molecule has 0 spiro atoms. The average Bonchev–Trinajstić information content (AvgIpc) is 3.39. The van der Waals surface area contributed by atoms with E-state index in [-0.39, 0.29) is 11.9 Å². The molecule has 0 aliphatic carbocycles. The zero-order chi connectivity index (χ0) is 25.2. The van der Waals surface area contributed by atoms with Gasteiger partial charge in [-0.3, -0.25) is 9.89 Å². The summed E-state index contributed by atoms with van der Waals surface area (Å²) in [6, 6.07) is 13.4. The second-order valence-electron chi connectivity index (χ2n) is 9.68. The summed E-state index contributed by atoms with van der Waals surface area (Å²) in [4.78, 5) is 15.5. The van der Waals surface area contributed by atoms with E-state index in [0.717, 1.165) is 46.7 Å². The van der Waals surface area contributed by atoms with Crippen LogP contribution in [0, 0.1) is 0 Å². The number of hydrogen-bond acceptors (Lipinski definition) is 5. The van der Waals surface area contributed by atoms with Crippen molar-refractivity contribution in [2.24, 2.45) is 0 Å². The van der Waals surface area contributed by atoms with Gasteiger partial charge >= 0.3 is 0 Å². The number of carbonyl (C=O) groups excluding carboxylic acids is 1. The summed E-state index contributed by atoms with van der Waals surface area (Å²) >= 11 is 0. The minimum Gasteiger partial charge on any atom is -0.497 e. The fourth-order valence-corrected chi connectivity index (χ4v) is 4.53. The maximum atomic E-state index is 13.6. The molecular weight excluding hydrogens is 442 g/mol. The molecule has 7 nitrogen and oxygen atoms in total. The van der Waals surface area contributed by atoms with Gasteiger partial charge in [0.05, 0.1) is 32.1 Å². The molecule has 0 saturated heterocycles. The Hall–Kier alpha value is -3.48. The molecule has 7 heteroatoms. The van der Waals surface area contributed by atoms with Gasteiger partial charge in [0.15, 0.2) is 11.5 Å². The number of aromatic nitrogens is 2. The molecule has 1 amide bonds. The third-order valence-corrected chi connectivity index (χ3v) is 6.19. The SMILES string of the molecule is CCCCOc1ccc(C2c3c(-c4ccc(OC)cc4)n[nH]c3C(=O)N2C(C)(C)C)cc1OCC. The van der Waals surface area contributed by atoms with Gasteiger partial charge in [0.25, 0.3) is 5.91 Å². The maximum Gasteiger partial charge on any atom is 0.273 e. The van der Waals surface area contributed by atoms with Crippen LogP contribution in [0.3, 0.4) is 0 Å². The molecule has 0 radical (unpaired) electrons. The van der Waals surface area contributed by atoms with Crippen molar-refractivity contribution >= 4 is 5.91 Å². The van der Waals surface area contributed by atoms with E-state index in [4.69, 9.17) is 14.2 Å². The van der Waals surface area contributed by atoms with E-state index in [1.807, 2.05) is 54.3 Å². The molecular formula is C28H35N3O4. The average molecular weight is 478 g/mol. The number of amides is 1. The summed E-state index contributed by atoms with van der Waals surface area (Å²) in [5.74, 6) is 2.11. The predicted molar refractivity (Wildman–Crippen MR) is 136 cm³/mol. The second-order valence-corrected chi connectivity index (χ2v) is 9.68. The van der Waals surface area contributed by atoms with Crippen LogP contribution in [0.15, 0.2) is 42.5 Å². The third kappa shape index (κ3) is 4.72. The number of aromatic amines is 1. The number of methoxy groups -OCH3 is 1. The van der Waals surface area contributed by atoms with Gasteiger partial charge in [0, 0.05) is 16.7 Å². The monoisotopic (exact) mass is 477 g/mol. The summed E-state index contributed by atoms with van der Waals surface area (Å²) in [5.41, 5.74) is 3.61. The maximum absolute atomic E-state index is 13.6. The molecule has 0 fully saturated rings. The van der Waals surface area contributed by atoms with E-state index >= 15 is 0 Å². The largest absolute Gasteiger partial charge is 0.497 e. The van der Waals surface area contributed by atoms with Crippen molar-refractivity contribution < 1.29 is 19.0 Å². The number of H-pyrrole nitrogens is 1. The first-order valence-corrected chi connectivity index (χ1v) is 12.3. The highest BCUT2D eigenvalue weighted by atomic mass is 16.5. The molecule has 1 atom stereocenters. The topological polar surface area (TPSA) is 76.7 Å². The molecule has 1 aromatic heterocycles. The van der Waals surface area contributed by atoms with Crippen molar-refractivity contribution in [1.29, 1.82) is 0 Å². The number of nitrogens with one attached hydrogen (secondary N) is 1. The van der Waals surface area contributed by atoms with E-state index in [0.29, 0.717) is 24.7 Å². The predicted octanol–water partition coefficient (Wildman–Crippen LogP) is 6.01. The number of rotatable bonds is 9. The van der Waals surface area contributed by atoms with Crippen molar-refractivity contribution in [2.45, 2.75) is 59.0 Å². The highest BCUT2D eigenvalue weighted by Crippen LogP contribution is 2.47. The first-order valence-electron chi connectivity index (χ1n) is 12.3. The lowest BCUT2D eigenvalue weighted by atomic mass is 9.93. The molecule has 186 valence electrons. The molecule has 35 heavy (non-hydrogen) atoms. The number of unbranched alkanes of at least 4 members (excludes halogenated alkanes) is 1. The fraction of sp³-hybridized carbons (Fsp3) is 0.429. The van der Waals surface area contributed by atoms with E-state index < -0.39 is 5.54 Å². The van der Waals surface area contributed by atoms with Gasteiger partial charge in [-0.2, -0.15) is 5.10 Å². The minimum atomic E-state index is -0.416. The van der Waals surface area contributed by atoms with Crippen LogP contribution in [-0.2, 0) is 0 Å². The van der Waals surface area contributed by atoms with Gasteiger partial charge in [-0.05, 0) is 76.1 Å². The Labute approximate surface area is 207 Å². The smallest absolute Gasteiger partial charge is 0.273 e. The summed E-state index contributed by atoms with van der Waals surface area (Å²) in [6.45, 7) is 11.4. The molecule has 2 aromatic carbocycles. The number of carbonyl (C=O) groups is 1. The molecule has 1 aliphatic heterocycles. The Morgan fingerprint density at radius 1 is 1.03 bits per heavy atom. The summed E-state index contributed by atoms with van der Waals surface area (Å²) in [6.07, 6.45) is 2.04. The van der Waals surface area contributed by atoms with Crippen LogP contribution in [0.1, 0.15) is 75.1 Å². The summed E-state index contributed by atoms with van der Waals surface area (Å²) < 4.78 is 17.3. The van der Waals surface area contributed by atoms with Crippen LogP contribution >= 0.6 is 0 Å². The highest BCUT2D eigenvalue weighted by molar-refractivity contribution is 6.00. The van der Waals surface area contributed by atoms with Gasteiger partial charge < -0.3 is 19.1 Å². The number of nitrogens with zero attached hydrogens (tertiary/aromatic N) is 2. The zero-order valence-corrected chi connectivity index (χ0v) is 21.5. The molecule has 2 heterocycles. The van der Waals surface area contributed by atoms with Crippen molar-refractivity contribution in [1.82, 2.24) is 15.1 Å². The summed E-state index contributed by atoms with van der Waals surface area (Å²) in [5, 5.41) is 7.59. The summed E-state index contributed by atoms with van der Waals surface area (Å²) in [7, 11) is 1.64. The van der Waals surface area contributed by atoms with Crippen molar-refractivity contribution in [3.63, 3.8) is 0 Å². The standard InChI is InChI=1S/C28H35N3O4/c1-7-9-16-35-21-15-12-19(17-22(21)34-8-2)26-23-24(18-10-13-20(33-6)14-11-18)29-30-25(23)27(32)31(26)28(3,4)5/h10-15,17,26H,7-9,16H2,1-6H3,(H,29,30). The number of benzene rings is 2. The molecule has 1 N–H and O–H groups in total. The van der Waals surface area contributed by atoms with Crippen LogP contribution in [0.25, 0.3) is 11.3 Å². The van der Waals surface area contributed by atoms with Crippen LogP contribution in [0.4, 0.5) is 0 Å². The first kappa shape index (κ1) is 24.6. The normalized spacial score (nSPS) is 15.3. The fourth-order valence-electron chi connectivity index (χ4n) is 4.53. The van der Waals surface area contributed by atoms with E-state index in [1.54, 1.807) is 7.11 Å². The first-order chi connectivity index (χ1) is 16.8. The van der Waals surface area contributed by atoms with Crippen LogP contribution in [0.2, 0.25) is 0 Å². The number of hydrogen-bond donors (Lipinski definition) is 1. The van der Waals surface area contributed by atoms with Gasteiger partial charge in [-0.25, -0.2) is 0 Å².